The summed E-state index contributed by atoms with van der Waals surface area (Å²) in [6.45, 7) is 7.95. The van der Waals surface area contributed by atoms with Gasteiger partial charge in [0.2, 0.25) is 0 Å². The first kappa shape index (κ1) is 21.7. The number of epoxide rings is 1. The van der Waals surface area contributed by atoms with Gasteiger partial charge >= 0.3 is 5.97 Å². The molecular weight excluding hydrogens is 396 g/mol. The Bertz CT molecular complexity index is 947. The van der Waals surface area contributed by atoms with Crippen LogP contribution in [0.3, 0.4) is 0 Å². The van der Waals surface area contributed by atoms with Crippen molar-refractivity contribution in [3.8, 4) is 11.5 Å². The Morgan fingerprint density at radius 3 is 2.23 bits per heavy atom. The van der Waals surface area contributed by atoms with Gasteiger partial charge in [0.25, 0.3) is 0 Å². The summed E-state index contributed by atoms with van der Waals surface area (Å²) >= 11 is 0. The molecule has 1 fully saturated rings. The Kier molecular flexibility index (Phi) is 7.10. The second-order valence-electron chi connectivity index (χ2n) is 8.01. The van der Waals surface area contributed by atoms with Crippen LogP contribution in [0, 0.1) is 0 Å². The highest BCUT2D eigenvalue weighted by Crippen LogP contribution is 2.44. The smallest absolute Gasteiger partial charge is 0.333 e. The van der Waals surface area contributed by atoms with Gasteiger partial charge in [0, 0.05) is 27.5 Å². The molecule has 6 nitrogen and oxygen atoms in total. The van der Waals surface area contributed by atoms with Crippen molar-refractivity contribution in [2.24, 2.45) is 0 Å². The summed E-state index contributed by atoms with van der Waals surface area (Å²) in [6.07, 6.45) is 4.52. The zero-order chi connectivity index (χ0) is 21.6. The van der Waals surface area contributed by atoms with E-state index in [0.717, 1.165) is 54.6 Å². The summed E-state index contributed by atoms with van der Waals surface area (Å²) in [6, 6.07) is 8.27. The molecule has 0 radical (unpaired) electrons. The standard InChI is InChI=1S/C25H30O6/c1-17(2)25(26)29-14-12-27-11-13-28-23-19-7-3-5-9-21(19)24(31-16-18-15-30-18)22-10-6-4-8-20(22)23/h3,5,7,9,18H,1,4,6,8,10-16H2,2H3. The first-order chi connectivity index (χ1) is 15.1. The van der Waals surface area contributed by atoms with Crippen molar-refractivity contribution in [2.75, 3.05) is 39.6 Å². The van der Waals surface area contributed by atoms with E-state index < -0.39 is 5.97 Å². The summed E-state index contributed by atoms with van der Waals surface area (Å²) < 4.78 is 28.4. The van der Waals surface area contributed by atoms with Gasteiger partial charge in [-0.05, 0) is 32.6 Å². The summed E-state index contributed by atoms with van der Waals surface area (Å²) in [5, 5.41) is 2.16. The van der Waals surface area contributed by atoms with Crippen LogP contribution < -0.4 is 9.47 Å². The van der Waals surface area contributed by atoms with E-state index >= 15 is 0 Å². The number of benzene rings is 2. The van der Waals surface area contributed by atoms with Crippen molar-refractivity contribution in [2.45, 2.75) is 38.7 Å². The maximum absolute atomic E-state index is 11.4. The second-order valence-corrected chi connectivity index (χ2v) is 8.01. The minimum Gasteiger partial charge on any atom is -0.490 e. The Balaban J connectivity index is 1.43. The molecule has 6 heteroatoms. The predicted octanol–water partition coefficient (Wildman–Crippen LogP) is 4.01. The normalized spacial score (nSPS) is 17.1. The van der Waals surface area contributed by atoms with Crippen molar-refractivity contribution < 1.29 is 28.5 Å². The van der Waals surface area contributed by atoms with Crippen molar-refractivity contribution in [3.05, 3.63) is 47.5 Å². The van der Waals surface area contributed by atoms with Crippen LogP contribution in [0.1, 0.15) is 30.9 Å². The monoisotopic (exact) mass is 426 g/mol. The maximum atomic E-state index is 11.4. The molecule has 4 rings (SSSR count). The SMILES string of the molecule is C=C(C)C(=O)OCCOCCOc1c2c(c(OCC3CO3)c3ccccc13)CCCC2. The molecule has 0 bridgehead atoms. The Morgan fingerprint density at radius 1 is 1.00 bits per heavy atom. The van der Waals surface area contributed by atoms with Gasteiger partial charge in [-0.3, -0.25) is 0 Å². The van der Waals surface area contributed by atoms with E-state index in [1.54, 1.807) is 6.92 Å². The number of hydrogen-bond donors (Lipinski definition) is 0. The van der Waals surface area contributed by atoms with Crippen LogP contribution in [0.4, 0.5) is 0 Å². The molecule has 31 heavy (non-hydrogen) atoms. The van der Waals surface area contributed by atoms with E-state index in [9.17, 15) is 4.79 Å². The lowest BCUT2D eigenvalue weighted by Gasteiger charge is -2.25. The Morgan fingerprint density at radius 2 is 1.61 bits per heavy atom. The highest BCUT2D eigenvalue weighted by Gasteiger charge is 2.27. The van der Waals surface area contributed by atoms with Gasteiger partial charge in [0.05, 0.1) is 19.8 Å². The molecule has 0 saturated carbocycles. The molecule has 2 aromatic rings. The fourth-order valence-corrected chi connectivity index (χ4v) is 3.90. The molecule has 2 aromatic carbocycles. The zero-order valence-electron chi connectivity index (χ0n) is 18.1. The number of carbonyl (C=O) groups excluding carboxylic acids is 1. The lowest BCUT2D eigenvalue weighted by atomic mass is 9.87. The third kappa shape index (κ3) is 5.38. The largest absolute Gasteiger partial charge is 0.490 e. The van der Waals surface area contributed by atoms with Gasteiger partial charge < -0.3 is 23.7 Å². The van der Waals surface area contributed by atoms with E-state index in [-0.39, 0.29) is 12.7 Å². The fourth-order valence-electron chi connectivity index (χ4n) is 3.90. The first-order valence-corrected chi connectivity index (χ1v) is 11.0. The summed E-state index contributed by atoms with van der Waals surface area (Å²) in [7, 11) is 0. The molecule has 0 amide bonds. The molecule has 1 aliphatic carbocycles. The number of fused-ring (bicyclic) bond motifs is 2. The molecule has 0 N–H and O–H groups in total. The van der Waals surface area contributed by atoms with Crippen molar-refractivity contribution in [3.63, 3.8) is 0 Å². The van der Waals surface area contributed by atoms with Crippen LogP contribution in [0.15, 0.2) is 36.4 Å². The maximum Gasteiger partial charge on any atom is 0.333 e. The van der Waals surface area contributed by atoms with Gasteiger partial charge in [-0.25, -0.2) is 4.79 Å². The van der Waals surface area contributed by atoms with Crippen LogP contribution in [0.2, 0.25) is 0 Å². The number of rotatable bonds is 11. The van der Waals surface area contributed by atoms with Crippen LogP contribution in [0.25, 0.3) is 10.8 Å². The molecule has 0 aromatic heterocycles. The summed E-state index contributed by atoms with van der Waals surface area (Å²) in [5.74, 6) is 1.54. The number of esters is 1. The molecule has 1 unspecified atom stereocenters. The Hall–Kier alpha value is -2.57. The van der Waals surface area contributed by atoms with E-state index in [2.05, 4.69) is 18.7 Å². The molecule has 0 spiro atoms. The average Bonchev–Trinajstić information content (AvgIpc) is 3.61. The topological polar surface area (TPSA) is 66.5 Å². The van der Waals surface area contributed by atoms with E-state index in [1.165, 1.54) is 11.1 Å². The highest BCUT2D eigenvalue weighted by molar-refractivity contribution is 5.96. The second kappa shape index (κ2) is 10.2. The fraction of sp³-hybridized carbons (Fsp3) is 0.480. The van der Waals surface area contributed by atoms with Crippen LogP contribution in [0.5, 0.6) is 11.5 Å². The van der Waals surface area contributed by atoms with Crippen molar-refractivity contribution in [1.82, 2.24) is 0 Å². The molecule has 1 saturated heterocycles. The van der Waals surface area contributed by atoms with Crippen LogP contribution >= 0.6 is 0 Å². The highest BCUT2D eigenvalue weighted by atomic mass is 16.6. The van der Waals surface area contributed by atoms with Gasteiger partial charge in [-0.2, -0.15) is 0 Å². The number of hydrogen-bond acceptors (Lipinski definition) is 6. The number of ether oxygens (including phenoxy) is 5. The molecule has 1 heterocycles. The van der Waals surface area contributed by atoms with Crippen molar-refractivity contribution >= 4 is 16.7 Å². The molecule has 1 aliphatic heterocycles. The molecular formula is C25H30O6. The predicted molar refractivity (Wildman–Crippen MR) is 118 cm³/mol. The average molecular weight is 427 g/mol. The van der Waals surface area contributed by atoms with Gasteiger partial charge in [-0.1, -0.05) is 30.8 Å². The van der Waals surface area contributed by atoms with E-state index in [1.807, 2.05) is 12.1 Å². The minimum atomic E-state index is -0.395. The lowest BCUT2D eigenvalue weighted by molar-refractivity contribution is -0.140. The number of carbonyl (C=O) groups is 1. The van der Waals surface area contributed by atoms with Gasteiger partial charge in [-0.15, -0.1) is 0 Å². The third-order valence-electron chi connectivity index (χ3n) is 5.53. The minimum absolute atomic E-state index is 0.209. The summed E-state index contributed by atoms with van der Waals surface area (Å²) in [5.41, 5.74) is 2.91. The van der Waals surface area contributed by atoms with Crippen LogP contribution in [-0.2, 0) is 31.8 Å². The summed E-state index contributed by atoms with van der Waals surface area (Å²) in [4.78, 5) is 11.4. The van der Waals surface area contributed by atoms with Gasteiger partial charge in [0.1, 0.15) is 37.4 Å². The molecule has 1 atom stereocenters. The quantitative estimate of drug-likeness (QED) is 0.234. The molecule has 2 aliphatic rings. The van der Waals surface area contributed by atoms with E-state index in [0.29, 0.717) is 32.0 Å². The van der Waals surface area contributed by atoms with Crippen LogP contribution in [-0.4, -0.2) is 51.7 Å². The third-order valence-corrected chi connectivity index (χ3v) is 5.53. The van der Waals surface area contributed by atoms with Crippen molar-refractivity contribution in [1.29, 1.82) is 0 Å². The Labute approximate surface area is 183 Å². The van der Waals surface area contributed by atoms with Gasteiger partial charge in [0.15, 0.2) is 0 Å². The first-order valence-electron chi connectivity index (χ1n) is 11.0. The molecule has 166 valence electrons. The van der Waals surface area contributed by atoms with E-state index in [4.69, 9.17) is 23.7 Å². The zero-order valence-corrected chi connectivity index (χ0v) is 18.1. The lowest BCUT2D eigenvalue weighted by Crippen LogP contribution is -2.16.